The number of H-pyrrole nitrogens is 1. The summed E-state index contributed by atoms with van der Waals surface area (Å²) in [6.45, 7) is 6.76. The number of hydrogen-bond acceptors (Lipinski definition) is 4. The Morgan fingerprint density at radius 1 is 1.04 bits per heavy atom. The highest BCUT2D eigenvalue weighted by Crippen LogP contribution is 2.33. The van der Waals surface area contributed by atoms with Crippen LogP contribution >= 0.6 is 0 Å². The highest BCUT2D eigenvalue weighted by atomic mass is 15.3. The van der Waals surface area contributed by atoms with Crippen LogP contribution in [-0.2, 0) is 0 Å². The fourth-order valence-electron chi connectivity index (χ4n) is 4.66. The van der Waals surface area contributed by atoms with Crippen LogP contribution in [0.25, 0.3) is 22.3 Å². The third-order valence-corrected chi connectivity index (χ3v) is 5.97. The van der Waals surface area contributed by atoms with Gasteiger partial charge in [0.25, 0.3) is 0 Å². The molecular formula is C22H27N5. The van der Waals surface area contributed by atoms with Crippen LogP contribution in [0, 0.1) is 6.92 Å². The summed E-state index contributed by atoms with van der Waals surface area (Å²) in [6.07, 6.45) is 5.20. The van der Waals surface area contributed by atoms with Crippen LogP contribution in [0.2, 0.25) is 0 Å². The van der Waals surface area contributed by atoms with Gasteiger partial charge < -0.3 is 14.8 Å². The minimum atomic E-state index is 0.559. The van der Waals surface area contributed by atoms with Crippen LogP contribution in [0.1, 0.15) is 31.5 Å². The van der Waals surface area contributed by atoms with E-state index in [0.29, 0.717) is 6.04 Å². The van der Waals surface area contributed by atoms with E-state index in [-0.39, 0.29) is 0 Å². The Bertz CT molecular complexity index is 927. The number of aromatic nitrogens is 3. The van der Waals surface area contributed by atoms with Gasteiger partial charge in [0.05, 0.1) is 5.52 Å². The van der Waals surface area contributed by atoms with Crippen molar-refractivity contribution in [1.29, 1.82) is 0 Å². The molecule has 27 heavy (non-hydrogen) atoms. The molecule has 0 radical (unpaired) electrons. The van der Waals surface area contributed by atoms with Gasteiger partial charge in [0.2, 0.25) is 0 Å². The Hall–Kier alpha value is -2.40. The molecule has 0 aliphatic carbocycles. The zero-order valence-electron chi connectivity index (χ0n) is 16.0. The van der Waals surface area contributed by atoms with Gasteiger partial charge in [0, 0.05) is 24.8 Å². The van der Waals surface area contributed by atoms with Crippen LogP contribution < -0.4 is 4.90 Å². The lowest BCUT2D eigenvalue weighted by molar-refractivity contribution is 0.313. The van der Waals surface area contributed by atoms with E-state index in [4.69, 9.17) is 9.97 Å². The molecule has 4 heterocycles. The van der Waals surface area contributed by atoms with Crippen LogP contribution in [0.4, 0.5) is 5.82 Å². The molecule has 0 bridgehead atoms. The van der Waals surface area contributed by atoms with Gasteiger partial charge in [0.15, 0.2) is 5.82 Å². The maximum absolute atomic E-state index is 4.88. The van der Waals surface area contributed by atoms with Crippen molar-refractivity contribution in [3.8, 4) is 11.3 Å². The van der Waals surface area contributed by atoms with Crippen LogP contribution in [0.15, 0.2) is 36.4 Å². The molecular weight excluding hydrogens is 334 g/mol. The SMILES string of the molecule is Cc1nc(N2CCCC2CN2CCCC2)c2[nH]c(-c3ccccc3)cc2n1. The van der Waals surface area contributed by atoms with E-state index < -0.39 is 0 Å². The first kappa shape index (κ1) is 16.8. The molecule has 5 heteroatoms. The van der Waals surface area contributed by atoms with Gasteiger partial charge in [-0.2, -0.15) is 0 Å². The van der Waals surface area contributed by atoms with Crippen molar-refractivity contribution in [2.45, 2.75) is 38.6 Å². The first-order valence-corrected chi connectivity index (χ1v) is 10.2. The summed E-state index contributed by atoms with van der Waals surface area (Å²) < 4.78 is 0. The fraction of sp³-hybridized carbons (Fsp3) is 0.455. The normalized spacial score (nSPS) is 20.8. The van der Waals surface area contributed by atoms with E-state index in [1.807, 2.05) is 6.92 Å². The van der Waals surface area contributed by atoms with E-state index in [9.17, 15) is 0 Å². The Balaban J connectivity index is 1.52. The number of rotatable bonds is 4. The molecule has 5 nitrogen and oxygen atoms in total. The van der Waals surface area contributed by atoms with E-state index >= 15 is 0 Å². The molecule has 2 fully saturated rings. The third-order valence-electron chi connectivity index (χ3n) is 5.97. The predicted molar refractivity (Wildman–Crippen MR) is 110 cm³/mol. The highest BCUT2D eigenvalue weighted by Gasteiger charge is 2.30. The van der Waals surface area contributed by atoms with E-state index in [0.717, 1.165) is 41.5 Å². The van der Waals surface area contributed by atoms with Crippen LogP contribution in [0.5, 0.6) is 0 Å². The largest absolute Gasteiger partial charge is 0.350 e. The van der Waals surface area contributed by atoms with E-state index in [2.05, 4.69) is 51.2 Å². The quantitative estimate of drug-likeness (QED) is 0.763. The van der Waals surface area contributed by atoms with Crippen molar-refractivity contribution in [3.63, 3.8) is 0 Å². The summed E-state index contributed by atoms with van der Waals surface area (Å²) in [6, 6.07) is 13.2. The number of hydrogen-bond donors (Lipinski definition) is 1. The van der Waals surface area contributed by atoms with Gasteiger partial charge in [-0.05, 0) is 57.3 Å². The maximum atomic E-state index is 4.88. The molecule has 2 saturated heterocycles. The highest BCUT2D eigenvalue weighted by molar-refractivity contribution is 5.91. The molecule has 2 aliphatic heterocycles. The Kier molecular flexibility index (Phi) is 4.32. The summed E-state index contributed by atoms with van der Waals surface area (Å²) in [5.74, 6) is 1.93. The first-order valence-electron chi connectivity index (χ1n) is 10.2. The van der Waals surface area contributed by atoms with Gasteiger partial charge in [-0.1, -0.05) is 30.3 Å². The van der Waals surface area contributed by atoms with Crippen molar-refractivity contribution in [3.05, 3.63) is 42.2 Å². The molecule has 2 aliphatic rings. The lowest BCUT2D eigenvalue weighted by atomic mass is 10.2. The lowest BCUT2D eigenvalue weighted by Crippen LogP contribution is -2.40. The minimum absolute atomic E-state index is 0.559. The molecule has 2 aromatic heterocycles. The number of aromatic amines is 1. The summed E-state index contributed by atoms with van der Waals surface area (Å²) in [5.41, 5.74) is 4.40. The monoisotopic (exact) mass is 361 g/mol. The Morgan fingerprint density at radius 3 is 2.67 bits per heavy atom. The van der Waals surface area contributed by atoms with Gasteiger partial charge in [-0.25, -0.2) is 9.97 Å². The Morgan fingerprint density at radius 2 is 1.85 bits per heavy atom. The van der Waals surface area contributed by atoms with Gasteiger partial charge >= 0.3 is 0 Å². The second-order valence-corrected chi connectivity index (χ2v) is 7.90. The molecule has 0 spiro atoms. The second kappa shape index (κ2) is 6.97. The summed E-state index contributed by atoms with van der Waals surface area (Å²) in [7, 11) is 0. The average Bonchev–Trinajstić information content (AvgIpc) is 3.42. The second-order valence-electron chi connectivity index (χ2n) is 7.90. The van der Waals surface area contributed by atoms with Crippen molar-refractivity contribution in [2.75, 3.05) is 31.1 Å². The van der Waals surface area contributed by atoms with Gasteiger partial charge in [0.1, 0.15) is 11.3 Å². The summed E-state index contributed by atoms with van der Waals surface area (Å²) in [4.78, 5) is 18.4. The number of benzene rings is 1. The minimum Gasteiger partial charge on any atom is -0.350 e. The summed E-state index contributed by atoms with van der Waals surface area (Å²) in [5, 5.41) is 0. The average molecular weight is 361 g/mol. The van der Waals surface area contributed by atoms with Crippen molar-refractivity contribution >= 4 is 16.9 Å². The molecule has 1 atom stereocenters. The van der Waals surface area contributed by atoms with Crippen LogP contribution in [-0.4, -0.2) is 52.1 Å². The molecule has 0 amide bonds. The molecule has 140 valence electrons. The number of nitrogens with one attached hydrogen (secondary N) is 1. The number of nitrogens with zero attached hydrogens (tertiary/aromatic N) is 4. The number of likely N-dealkylation sites (tertiary alicyclic amines) is 1. The fourth-order valence-corrected chi connectivity index (χ4v) is 4.66. The number of aryl methyl sites for hydroxylation is 1. The van der Waals surface area contributed by atoms with Crippen molar-refractivity contribution in [2.24, 2.45) is 0 Å². The van der Waals surface area contributed by atoms with Crippen molar-refractivity contribution < 1.29 is 0 Å². The molecule has 0 saturated carbocycles. The Labute approximate surface area is 160 Å². The zero-order chi connectivity index (χ0) is 18.2. The maximum Gasteiger partial charge on any atom is 0.157 e. The van der Waals surface area contributed by atoms with Crippen molar-refractivity contribution in [1.82, 2.24) is 19.9 Å². The standard InChI is InChI=1S/C22H27N5/c1-16-23-20-14-19(17-8-3-2-4-9-17)25-21(20)22(24-16)27-13-7-10-18(27)15-26-11-5-6-12-26/h2-4,8-9,14,18,25H,5-7,10-13,15H2,1H3. The molecule has 1 aromatic carbocycles. The summed E-state index contributed by atoms with van der Waals surface area (Å²) >= 11 is 0. The molecule has 5 rings (SSSR count). The third kappa shape index (κ3) is 3.21. The number of fused-ring (bicyclic) bond motifs is 1. The lowest BCUT2D eigenvalue weighted by Gasteiger charge is -2.29. The zero-order valence-corrected chi connectivity index (χ0v) is 16.0. The predicted octanol–water partition coefficient (Wildman–Crippen LogP) is 4.00. The van der Waals surface area contributed by atoms with Gasteiger partial charge in [-0.15, -0.1) is 0 Å². The molecule has 1 unspecified atom stereocenters. The molecule has 1 N–H and O–H groups in total. The first-order chi connectivity index (χ1) is 13.3. The van der Waals surface area contributed by atoms with Gasteiger partial charge in [-0.3, -0.25) is 0 Å². The number of anilines is 1. The smallest absolute Gasteiger partial charge is 0.157 e. The molecule has 3 aromatic rings. The van der Waals surface area contributed by atoms with E-state index in [1.165, 1.54) is 44.3 Å². The topological polar surface area (TPSA) is 48.1 Å². The van der Waals surface area contributed by atoms with Crippen LogP contribution in [0.3, 0.4) is 0 Å². The van der Waals surface area contributed by atoms with E-state index in [1.54, 1.807) is 0 Å².